The van der Waals surface area contributed by atoms with Gasteiger partial charge in [-0.05, 0) is 38.0 Å². The van der Waals surface area contributed by atoms with Crippen LogP contribution in [0.3, 0.4) is 0 Å². The smallest absolute Gasteiger partial charge is 0.335 e. The van der Waals surface area contributed by atoms with Crippen LogP contribution in [0.15, 0.2) is 24.3 Å². The van der Waals surface area contributed by atoms with Crippen LogP contribution in [0.4, 0.5) is 10.5 Å². The minimum absolute atomic E-state index is 0.129. The maximum atomic E-state index is 12.0. The number of likely N-dealkylation sites (tertiary alicyclic amines) is 1. The SMILES string of the molecule is CC1(O)CCN(C(=O)Nc2cccc(C(=O)O)c2)CC1. The average Bonchev–Trinajstić information content (AvgIpc) is 2.38. The monoisotopic (exact) mass is 278 g/mol. The molecule has 1 aliphatic rings. The maximum absolute atomic E-state index is 12.0. The summed E-state index contributed by atoms with van der Waals surface area (Å²) in [6, 6.07) is 5.84. The van der Waals surface area contributed by atoms with E-state index in [1.807, 2.05) is 0 Å². The van der Waals surface area contributed by atoms with Gasteiger partial charge in [0.2, 0.25) is 0 Å². The van der Waals surface area contributed by atoms with Gasteiger partial charge in [-0.1, -0.05) is 6.07 Å². The third-order valence-electron chi connectivity index (χ3n) is 3.49. The molecule has 1 aromatic carbocycles. The molecular formula is C14H18N2O4. The standard InChI is InChI=1S/C14H18N2O4/c1-14(20)5-7-16(8-6-14)13(19)15-11-4-2-3-10(9-11)12(17)18/h2-4,9,20H,5-8H2,1H3,(H,15,19)(H,17,18). The minimum atomic E-state index is -1.03. The third-order valence-corrected chi connectivity index (χ3v) is 3.49. The fourth-order valence-corrected chi connectivity index (χ4v) is 2.12. The van der Waals surface area contributed by atoms with Crippen molar-refractivity contribution in [3.63, 3.8) is 0 Å². The number of carboxylic acid groups (broad SMARTS) is 1. The van der Waals surface area contributed by atoms with Crippen molar-refractivity contribution in [3.05, 3.63) is 29.8 Å². The molecule has 6 nitrogen and oxygen atoms in total. The van der Waals surface area contributed by atoms with Gasteiger partial charge in [0.25, 0.3) is 0 Å². The van der Waals surface area contributed by atoms with Crippen LogP contribution in [0.1, 0.15) is 30.1 Å². The van der Waals surface area contributed by atoms with Crippen molar-refractivity contribution in [2.75, 3.05) is 18.4 Å². The van der Waals surface area contributed by atoms with E-state index in [0.717, 1.165) is 0 Å². The van der Waals surface area contributed by atoms with Crippen LogP contribution in [-0.4, -0.2) is 45.8 Å². The molecule has 1 fully saturated rings. The predicted molar refractivity (Wildman–Crippen MR) is 73.9 cm³/mol. The number of aliphatic hydroxyl groups is 1. The van der Waals surface area contributed by atoms with Crippen molar-refractivity contribution >= 4 is 17.7 Å². The van der Waals surface area contributed by atoms with E-state index in [-0.39, 0.29) is 11.6 Å². The summed E-state index contributed by atoms with van der Waals surface area (Å²) in [6.07, 6.45) is 1.07. The number of rotatable bonds is 2. The second-order valence-electron chi connectivity index (χ2n) is 5.30. The van der Waals surface area contributed by atoms with Crippen LogP contribution in [-0.2, 0) is 0 Å². The Morgan fingerprint density at radius 2 is 1.95 bits per heavy atom. The normalized spacial score (nSPS) is 17.6. The van der Waals surface area contributed by atoms with Crippen LogP contribution in [0, 0.1) is 0 Å². The molecule has 2 rings (SSSR count). The fourth-order valence-electron chi connectivity index (χ4n) is 2.12. The second-order valence-corrected chi connectivity index (χ2v) is 5.30. The molecule has 0 atom stereocenters. The second kappa shape index (κ2) is 5.50. The number of piperidine rings is 1. The van der Waals surface area contributed by atoms with Gasteiger partial charge in [0.15, 0.2) is 0 Å². The number of nitrogens with zero attached hydrogens (tertiary/aromatic N) is 1. The Labute approximate surface area is 117 Å². The van der Waals surface area contributed by atoms with E-state index in [1.165, 1.54) is 12.1 Å². The van der Waals surface area contributed by atoms with Gasteiger partial charge in [-0.15, -0.1) is 0 Å². The quantitative estimate of drug-likeness (QED) is 0.769. The van der Waals surface area contributed by atoms with Gasteiger partial charge in [0, 0.05) is 18.8 Å². The zero-order valence-electron chi connectivity index (χ0n) is 11.3. The number of carboxylic acids is 1. The Hall–Kier alpha value is -2.08. The number of urea groups is 1. The summed E-state index contributed by atoms with van der Waals surface area (Å²) in [5.74, 6) is -1.03. The summed E-state index contributed by atoms with van der Waals surface area (Å²) in [5, 5.41) is 21.4. The molecule has 0 unspecified atom stereocenters. The van der Waals surface area contributed by atoms with Crippen molar-refractivity contribution in [2.24, 2.45) is 0 Å². The first-order valence-electron chi connectivity index (χ1n) is 6.49. The van der Waals surface area contributed by atoms with Crippen molar-refractivity contribution in [1.82, 2.24) is 4.90 Å². The van der Waals surface area contributed by atoms with Crippen LogP contribution >= 0.6 is 0 Å². The van der Waals surface area contributed by atoms with E-state index in [0.29, 0.717) is 31.6 Å². The topological polar surface area (TPSA) is 89.9 Å². The summed E-state index contributed by atoms with van der Waals surface area (Å²) in [7, 11) is 0. The maximum Gasteiger partial charge on any atom is 0.335 e. The molecule has 0 bridgehead atoms. The van der Waals surface area contributed by atoms with Crippen molar-refractivity contribution in [2.45, 2.75) is 25.4 Å². The molecule has 6 heteroatoms. The molecule has 1 saturated heterocycles. The van der Waals surface area contributed by atoms with Gasteiger partial charge in [-0.3, -0.25) is 0 Å². The first-order valence-corrected chi connectivity index (χ1v) is 6.49. The van der Waals surface area contributed by atoms with Gasteiger partial charge in [-0.25, -0.2) is 9.59 Å². The van der Waals surface area contributed by atoms with Gasteiger partial charge in [0.05, 0.1) is 11.2 Å². The van der Waals surface area contributed by atoms with E-state index in [2.05, 4.69) is 5.32 Å². The van der Waals surface area contributed by atoms with Crippen molar-refractivity contribution in [3.8, 4) is 0 Å². The molecule has 3 N–H and O–H groups in total. The number of hydrogen-bond donors (Lipinski definition) is 3. The Balaban J connectivity index is 1.98. The number of hydrogen-bond acceptors (Lipinski definition) is 3. The van der Waals surface area contributed by atoms with E-state index in [9.17, 15) is 14.7 Å². The summed E-state index contributed by atoms with van der Waals surface area (Å²) in [6.45, 7) is 2.73. The number of carbonyl (C=O) groups excluding carboxylic acids is 1. The zero-order chi connectivity index (χ0) is 14.8. The molecule has 1 heterocycles. The highest BCUT2D eigenvalue weighted by Gasteiger charge is 2.29. The molecule has 20 heavy (non-hydrogen) atoms. The molecule has 2 amide bonds. The highest BCUT2D eigenvalue weighted by Crippen LogP contribution is 2.21. The number of benzene rings is 1. The first kappa shape index (κ1) is 14.3. The summed E-state index contributed by atoms with van der Waals surface area (Å²) < 4.78 is 0. The minimum Gasteiger partial charge on any atom is -0.478 e. The van der Waals surface area contributed by atoms with Crippen LogP contribution in [0.25, 0.3) is 0 Å². The van der Waals surface area contributed by atoms with Crippen LogP contribution < -0.4 is 5.32 Å². The summed E-state index contributed by atoms with van der Waals surface area (Å²) in [4.78, 5) is 24.5. The number of aromatic carboxylic acids is 1. The molecule has 0 aromatic heterocycles. The molecule has 0 spiro atoms. The average molecular weight is 278 g/mol. The van der Waals surface area contributed by atoms with Crippen LogP contribution in [0.5, 0.6) is 0 Å². The third kappa shape index (κ3) is 3.48. The summed E-state index contributed by atoms with van der Waals surface area (Å²) >= 11 is 0. The van der Waals surface area contributed by atoms with E-state index >= 15 is 0 Å². The lowest BCUT2D eigenvalue weighted by atomic mass is 9.94. The molecule has 108 valence electrons. The van der Waals surface area contributed by atoms with E-state index in [1.54, 1.807) is 24.0 Å². The van der Waals surface area contributed by atoms with Gasteiger partial charge < -0.3 is 20.4 Å². The number of anilines is 1. The molecule has 1 aliphatic heterocycles. The van der Waals surface area contributed by atoms with Crippen molar-refractivity contribution in [1.29, 1.82) is 0 Å². The van der Waals surface area contributed by atoms with Gasteiger partial charge in [0.1, 0.15) is 0 Å². The number of nitrogens with one attached hydrogen (secondary N) is 1. The number of amides is 2. The number of carbonyl (C=O) groups is 2. The molecule has 0 saturated carbocycles. The highest BCUT2D eigenvalue weighted by molar-refractivity contribution is 5.93. The van der Waals surface area contributed by atoms with Crippen LogP contribution in [0.2, 0.25) is 0 Å². The lowest BCUT2D eigenvalue weighted by Crippen LogP contribution is -2.46. The molecular weight excluding hydrogens is 260 g/mol. The molecule has 0 aliphatic carbocycles. The lowest BCUT2D eigenvalue weighted by Gasteiger charge is -2.35. The Morgan fingerprint density at radius 3 is 2.55 bits per heavy atom. The Kier molecular flexibility index (Phi) is 3.94. The first-order chi connectivity index (χ1) is 9.37. The summed E-state index contributed by atoms with van der Waals surface area (Å²) in [5.41, 5.74) is -0.128. The van der Waals surface area contributed by atoms with E-state index in [4.69, 9.17) is 5.11 Å². The fraction of sp³-hybridized carbons (Fsp3) is 0.429. The Bertz CT molecular complexity index is 518. The molecule has 0 radical (unpaired) electrons. The van der Waals surface area contributed by atoms with Crippen molar-refractivity contribution < 1.29 is 19.8 Å². The Morgan fingerprint density at radius 1 is 1.30 bits per heavy atom. The predicted octanol–water partition coefficient (Wildman–Crippen LogP) is 1.76. The zero-order valence-corrected chi connectivity index (χ0v) is 11.3. The lowest BCUT2D eigenvalue weighted by molar-refractivity contribution is 0.00569. The van der Waals surface area contributed by atoms with E-state index < -0.39 is 11.6 Å². The van der Waals surface area contributed by atoms with Gasteiger partial charge in [-0.2, -0.15) is 0 Å². The molecule has 1 aromatic rings. The highest BCUT2D eigenvalue weighted by atomic mass is 16.4. The largest absolute Gasteiger partial charge is 0.478 e. The van der Waals surface area contributed by atoms with Gasteiger partial charge >= 0.3 is 12.0 Å².